The highest BCUT2D eigenvalue weighted by molar-refractivity contribution is 6.09. The monoisotopic (exact) mass is 416 g/mol. The molecule has 1 fully saturated rings. The fraction of sp³-hybridized carbons (Fsp3) is 0.429. The Hall–Kier alpha value is -2.75. The molecule has 1 saturated heterocycles. The molecule has 0 aromatic heterocycles. The second kappa shape index (κ2) is 10.3. The maximum Gasteiger partial charge on any atom is 0.147 e. The van der Waals surface area contributed by atoms with Gasteiger partial charge in [-0.05, 0) is 30.5 Å². The summed E-state index contributed by atoms with van der Waals surface area (Å²) in [4.78, 5) is 0. The molecule has 1 aromatic carbocycles. The van der Waals surface area contributed by atoms with Crippen LogP contribution in [-0.4, -0.2) is 61.7 Å². The number of hydroxylamine groups is 2. The predicted molar refractivity (Wildman–Crippen MR) is 116 cm³/mol. The molecule has 2 aliphatic heterocycles. The van der Waals surface area contributed by atoms with Crippen LogP contribution in [0.25, 0.3) is 5.57 Å². The molecule has 0 radical (unpaired) electrons. The summed E-state index contributed by atoms with van der Waals surface area (Å²) >= 11 is 0. The van der Waals surface area contributed by atoms with Crippen LogP contribution in [0.3, 0.4) is 0 Å². The van der Waals surface area contributed by atoms with Crippen molar-refractivity contribution in [1.29, 1.82) is 10.8 Å². The Kier molecular flexibility index (Phi) is 7.56. The third-order valence-corrected chi connectivity index (χ3v) is 5.24. The van der Waals surface area contributed by atoms with Gasteiger partial charge < -0.3 is 31.3 Å². The highest BCUT2D eigenvalue weighted by Gasteiger charge is 2.24. The highest BCUT2D eigenvalue weighted by Crippen LogP contribution is 2.23. The Balaban J connectivity index is 1.78. The van der Waals surface area contributed by atoms with Crippen molar-refractivity contribution in [2.45, 2.75) is 25.3 Å². The molecular formula is C21H29FN6O2. The number of anilines is 1. The van der Waals surface area contributed by atoms with E-state index in [0.29, 0.717) is 42.9 Å². The molecule has 30 heavy (non-hydrogen) atoms. The minimum atomic E-state index is -0.516. The molecule has 162 valence electrons. The van der Waals surface area contributed by atoms with Crippen molar-refractivity contribution in [2.75, 3.05) is 38.7 Å². The third-order valence-electron chi connectivity index (χ3n) is 5.24. The zero-order valence-electron chi connectivity index (χ0n) is 17.1. The fourth-order valence-electron chi connectivity index (χ4n) is 3.60. The van der Waals surface area contributed by atoms with E-state index >= 15 is 0 Å². The highest BCUT2D eigenvalue weighted by atomic mass is 19.1. The van der Waals surface area contributed by atoms with Crippen LogP contribution in [0.5, 0.6) is 0 Å². The van der Waals surface area contributed by atoms with E-state index in [-0.39, 0.29) is 24.1 Å². The van der Waals surface area contributed by atoms with E-state index in [1.807, 2.05) is 0 Å². The first kappa shape index (κ1) is 21.9. The van der Waals surface area contributed by atoms with Gasteiger partial charge in [0.2, 0.25) is 0 Å². The largest absolute Gasteiger partial charge is 0.393 e. The predicted octanol–water partition coefficient (Wildman–Crippen LogP) is 2.54. The van der Waals surface area contributed by atoms with E-state index in [4.69, 9.17) is 15.6 Å². The summed E-state index contributed by atoms with van der Waals surface area (Å²) in [7, 11) is 1.71. The van der Waals surface area contributed by atoms with E-state index in [9.17, 15) is 9.60 Å². The average Bonchev–Trinajstić information content (AvgIpc) is 2.75. The molecule has 0 amide bonds. The molecule has 0 saturated carbocycles. The van der Waals surface area contributed by atoms with E-state index in [1.54, 1.807) is 25.4 Å². The molecule has 0 bridgehead atoms. The number of benzene rings is 1. The van der Waals surface area contributed by atoms with Gasteiger partial charge in [-0.1, -0.05) is 6.07 Å². The quantitative estimate of drug-likeness (QED) is 0.301. The van der Waals surface area contributed by atoms with Crippen LogP contribution >= 0.6 is 0 Å². The molecular weight excluding hydrogens is 387 g/mol. The molecule has 1 aromatic rings. The zero-order chi connectivity index (χ0) is 21.5. The molecule has 3 rings (SSSR count). The smallest absolute Gasteiger partial charge is 0.147 e. The summed E-state index contributed by atoms with van der Waals surface area (Å²) in [6, 6.07) is 4.86. The van der Waals surface area contributed by atoms with Gasteiger partial charge in [-0.2, -0.15) is 5.06 Å². The Bertz CT molecular complexity index is 848. The van der Waals surface area contributed by atoms with Gasteiger partial charge in [0.25, 0.3) is 0 Å². The fourth-order valence-corrected chi connectivity index (χ4v) is 3.60. The van der Waals surface area contributed by atoms with Gasteiger partial charge in [0.1, 0.15) is 11.7 Å². The lowest BCUT2D eigenvalue weighted by Gasteiger charge is -2.32. The summed E-state index contributed by atoms with van der Waals surface area (Å²) in [6.45, 7) is 2.09. The number of hydrogen-bond donors (Lipinski definition) is 6. The van der Waals surface area contributed by atoms with E-state index in [1.165, 1.54) is 11.1 Å². The van der Waals surface area contributed by atoms with Crippen LogP contribution in [-0.2, 0) is 4.74 Å². The Morgan fingerprint density at radius 2 is 2.10 bits per heavy atom. The Morgan fingerprint density at radius 3 is 2.77 bits per heavy atom. The Labute approximate surface area is 175 Å². The van der Waals surface area contributed by atoms with Crippen LogP contribution in [0.4, 0.5) is 10.1 Å². The van der Waals surface area contributed by atoms with Gasteiger partial charge in [-0.3, -0.25) is 5.41 Å². The van der Waals surface area contributed by atoms with E-state index in [2.05, 4.69) is 16.0 Å². The zero-order valence-corrected chi connectivity index (χ0v) is 17.1. The molecule has 6 N–H and O–H groups in total. The maximum atomic E-state index is 14.7. The van der Waals surface area contributed by atoms with E-state index in [0.717, 1.165) is 24.8 Å². The lowest BCUT2D eigenvalue weighted by molar-refractivity contribution is -0.0850. The van der Waals surface area contributed by atoms with Gasteiger partial charge in [0, 0.05) is 68.5 Å². The summed E-state index contributed by atoms with van der Waals surface area (Å²) < 4.78 is 20.1. The van der Waals surface area contributed by atoms with Gasteiger partial charge in [0.15, 0.2) is 0 Å². The number of nitrogens with one attached hydrogen (secondary N) is 5. The minimum absolute atomic E-state index is 0.0491. The van der Waals surface area contributed by atoms with Gasteiger partial charge in [-0.15, -0.1) is 0 Å². The molecule has 0 aliphatic carbocycles. The second-order valence-electron chi connectivity index (χ2n) is 7.35. The van der Waals surface area contributed by atoms with Crippen molar-refractivity contribution in [3.63, 3.8) is 0 Å². The summed E-state index contributed by atoms with van der Waals surface area (Å²) in [6.07, 6.45) is 5.15. The van der Waals surface area contributed by atoms with E-state index < -0.39 is 5.82 Å². The first-order chi connectivity index (χ1) is 14.5. The van der Waals surface area contributed by atoms with Crippen molar-refractivity contribution in [3.05, 3.63) is 47.0 Å². The number of nitrogens with zero attached hydrogens (tertiary/aromatic N) is 1. The number of allylic oxidation sites excluding steroid dienone is 1. The van der Waals surface area contributed by atoms with Crippen molar-refractivity contribution in [2.24, 2.45) is 0 Å². The molecule has 8 nitrogen and oxygen atoms in total. The maximum absolute atomic E-state index is 14.7. The van der Waals surface area contributed by atoms with Crippen molar-refractivity contribution >= 4 is 23.3 Å². The van der Waals surface area contributed by atoms with Crippen LogP contribution in [0.1, 0.15) is 24.8 Å². The standard InChI is InChI=1S/C21H29FN6O2/c1-25-12-15(11-23)14-2-3-20(18(22)10-14)27-21(24)17-13-28(29)7-4-19(17)26-16-5-8-30-9-6-16/h2-3,10-12,16,23,25-26,29H,4-9,13H2,1H3,(H2,24,27)/b15-12+,23-11?. The van der Waals surface area contributed by atoms with Crippen molar-refractivity contribution < 1.29 is 14.3 Å². The molecule has 0 unspecified atom stereocenters. The van der Waals surface area contributed by atoms with Crippen LogP contribution in [0, 0.1) is 16.6 Å². The summed E-state index contributed by atoms with van der Waals surface area (Å²) in [5.41, 5.74) is 2.81. The summed E-state index contributed by atoms with van der Waals surface area (Å²) in [5, 5.41) is 36.3. The van der Waals surface area contributed by atoms with Crippen LogP contribution in [0.2, 0.25) is 0 Å². The minimum Gasteiger partial charge on any atom is -0.393 e. The molecule has 0 atom stereocenters. The topological polar surface area (TPSA) is 116 Å². The molecule has 9 heteroatoms. The number of halogens is 1. The molecule has 2 aliphatic rings. The number of hydrogen-bond acceptors (Lipinski definition) is 7. The average molecular weight is 417 g/mol. The van der Waals surface area contributed by atoms with Crippen molar-refractivity contribution in [1.82, 2.24) is 15.7 Å². The summed E-state index contributed by atoms with van der Waals surface area (Å²) in [5.74, 6) is -0.467. The number of rotatable bonds is 7. The van der Waals surface area contributed by atoms with Crippen molar-refractivity contribution in [3.8, 4) is 0 Å². The normalized spacial score (nSPS) is 18.8. The second-order valence-corrected chi connectivity index (χ2v) is 7.35. The van der Waals surface area contributed by atoms with Gasteiger partial charge in [-0.25, -0.2) is 4.39 Å². The lowest BCUT2D eigenvalue weighted by Crippen LogP contribution is -2.41. The third kappa shape index (κ3) is 5.44. The van der Waals surface area contributed by atoms with Crippen LogP contribution in [0.15, 0.2) is 35.7 Å². The number of amidine groups is 1. The first-order valence-corrected chi connectivity index (χ1v) is 10.1. The molecule has 0 spiro atoms. The SMILES string of the molecule is CN/C=C(\C=N)c1ccc(NC(=N)C2=C(NC3CCOCC3)CCN(O)C2)c(F)c1. The molecule has 2 heterocycles. The number of ether oxygens (including phenoxy) is 1. The Morgan fingerprint density at radius 1 is 1.33 bits per heavy atom. The first-order valence-electron chi connectivity index (χ1n) is 10.1. The van der Waals surface area contributed by atoms with Gasteiger partial charge >= 0.3 is 0 Å². The van der Waals surface area contributed by atoms with Crippen LogP contribution < -0.4 is 16.0 Å². The lowest BCUT2D eigenvalue weighted by atomic mass is 10.0. The van der Waals surface area contributed by atoms with Gasteiger partial charge in [0.05, 0.1) is 12.2 Å².